The summed E-state index contributed by atoms with van der Waals surface area (Å²) in [7, 11) is -4.37. The Labute approximate surface area is 72.1 Å². The second-order valence-corrected chi connectivity index (χ2v) is 4.91. The van der Waals surface area contributed by atoms with Crippen molar-refractivity contribution in [2.24, 2.45) is 0 Å². The van der Waals surface area contributed by atoms with Gasteiger partial charge in [0.05, 0.1) is 11.4 Å². The number of halogens is 1. The largest absolute Gasteiger partial charge is 0.378 e. The molecule has 72 valence electrons. The fraction of sp³-hybridized carbons (Fsp3) is 1.00. The highest BCUT2D eigenvalue weighted by molar-refractivity contribution is 7.86. The number of rotatable bonds is 3. The van der Waals surface area contributed by atoms with Crippen molar-refractivity contribution in [2.75, 3.05) is 6.61 Å². The van der Waals surface area contributed by atoms with Crippen LogP contribution in [0.2, 0.25) is 0 Å². The maximum Gasteiger partial charge on any atom is 0.305 e. The lowest BCUT2D eigenvalue weighted by molar-refractivity contribution is 0.104. The molecule has 1 aliphatic rings. The van der Waals surface area contributed by atoms with Crippen LogP contribution in [0.5, 0.6) is 0 Å². The van der Waals surface area contributed by atoms with Gasteiger partial charge in [0.25, 0.3) is 0 Å². The minimum absolute atomic E-state index is 0.0643. The first-order valence-corrected chi connectivity index (χ1v) is 5.50. The molecule has 0 aromatic rings. The molecule has 2 atom stereocenters. The van der Waals surface area contributed by atoms with Crippen molar-refractivity contribution in [3.05, 3.63) is 0 Å². The van der Waals surface area contributed by atoms with Crippen LogP contribution < -0.4 is 0 Å². The molecule has 0 radical (unpaired) electrons. The van der Waals surface area contributed by atoms with Gasteiger partial charge in [-0.05, 0) is 26.2 Å². The van der Waals surface area contributed by atoms with Gasteiger partial charge < -0.3 is 4.74 Å². The third-order valence-electron chi connectivity index (χ3n) is 2.10. The molecule has 3 nitrogen and oxygen atoms in total. The summed E-state index contributed by atoms with van der Waals surface area (Å²) in [6.45, 7) is 2.04. The Morgan fingerprint density at radius 1 is 1.67 bits per heavy atom. The third-order valence-corrected chi connectivity index (χ3v) is 3.25. The summed E-state index contributed by atoms with van der Waals surface area (Å²) in [5.74, 6) is 0. The van der Waals surface area contributed by atoms with E-state index in [2.05, 4.69) is 0 Å². The van der Waals surface area contributed by atoms with E-state index in [4.69, 9.17) is 4.74 Å². The Bertz CT molecular complexity index is 231. The maximum atomic E-state index is 12.4. The molecule has 1 saturated heterocycles. The van der Waals surface area contributed by atoms with E-state index < -0.39 is 15.5 Å². The first kappa shape index (κ1) is 9.92. The molecule has 5 heteroatoms. The predicted octanol–water partition coefficient (Wildman–Crippen LogP) is 1.24. The van der Waals surface area contributed by atoms with E-state index in [9.17, 15) is 12.3 Å². The molecule has 1 rings (SSSR count). The molecule has 1 aliphatic heterocycles. The quantitative estimate of drug-likeness (QED) is 0.638. The van der Waals surface area contributed by atoms with Crippen LogP contribution in [-0.4, -0.2) is 26.4 Å². The van der Waals surface area contributed by atoms with Gasteiger partial charge in [-0.1, -0.05) is 0 Å². The molecule has 0 aromatic heterocycles. The van der Waals surface area contributed by atoms with Crippen LogP contribution in [0.1, 0.15) is 26.2 Å². The molecule has 0 spiro atoms. The van der Waals surface area contributed by atoms with Gasteiger partial charge in [-0.3, -0.25) is 0 Å². The van der Waals surface area contributed by atoms with Crippen LogP contribution in [0.4, 0.5) is 3.89 Å². The molecule has 0 saturated carbocycles. The van der Waals surface area contributed by atoms with E-state index in [1.54, 1.807) is 0 Å². The van der Waals surface area contributed by atoms with Gasteiger partial charge in [0.15, 0.2) is 0 Å². The van der Waals surface area contributed by atoms with Crippen LogP contribution in [0, 0.1) is 0 Å². The van der Waals surface area contributed by atoms with Gasteiger partial charge in [-0.2, -0.15) is 8.42 Å². The van der Waals surface area contributed by atoms with Crippen LogP contribution in [0.15, 0.2) is 0 Å². The van der Waals surface area contributed by atoms with Gasteiger partial charge in [0.2, 0.25) is 0 Å². The third kappa shape index (κ3) is 2.71. The van der Waals surface area contributed by atoms with E-state index in [1.165, 1.54) is 6.92 Å². The van der Waals surface area contributed by atoms with Gasteiger partial charge in [-0.15, -0.1) is 3.89 Å². The van der Waals surface area contributed by atoms with E-state index in [-0.39, 0.29) is 12.5 Å². The van der Waals surface area contributed by atoms with Crippen molar-refractivity contribution in [1.82, 2.24) is 0 Å². The molecular formula is C7H13FO3S. The van der Waals surface area contributed by atoms with Crippen LogP contribution in [0.25, 0.3) is 0 Å². The molecule has 0 amide bonds. The lowest BCUT2D eigenvalue weighted by atomic mass is 10.1. The first-order valence-electron chi connectivity index (χ1n) is 4.05. The SMILES string of the molecule is CC(CC1CCCO1)S(=O)(=O)F. The van der Waals surface area contributed by atoms with Gasteiger partial charge in [0, 0.05) is 6.61 Å². The molecule has 1 heterocycles. The Morgan fingerprint density at radius 2 is 2.33 bits per heavy atom. The summed E-state index contributed by atoms with van der Waals surface area (Å²) < 4.78 is 38.3. The Morgan fingerprint density at radius 3 is 2.75 bits per heavy atom. The molecule has 0 aliphatic carbocycles. The van der Waals surface area contributed by atoms with Crippen molar-refractivity contribution in [2.45, 2.75) is 37.5 Å². The van der Waals surface area contributed by atoms with Crippen LogP contribution >= 0.6 is 0 Å². The van der Waals surface area contributed by atoms with Gasteiger partial charge in [-0.25, -0.2) is 0 Å². The molecular weight excluding hydrogens is 183 g/mol. The molecule has 0 aromatic carbocycles. The molecule has 0 bridgehead atoms. The minimum atomic E-state index is -4.37. The Hall–Kier alpha value is -0.160. The summed E-state index contributed by atoms with van der Waals surface area (Å²) in [6.07, 6.45) is 2.01. The average Bonchev–Trinajstić information content (AvgIpc) is 2.37. The van der Waals surface area contributed by atoms with Crippen LogP contribution in [-0.2, 0) is 15.0 Å². The summed E-state index contributed by atoms with van der Waals surface area (Å²) in [4.78, 5) is 0. The number of hydrogen-bond donors (Lipinski definition) is 0. The zero-order valence-corrected chi connectivity index (χ0v) is 7.81. The fourth-order valence-electron chi connectivity index (χ4n) is 1.32. The van der Waals surface area contributed by atoms with E-state index in [0.29, 0.717) is 6.61 Å². The Balaban J connectivity index is 2.40. The summed E-state index contributed by atoms with van der Waals surface area (Å²) >= 11 is 0. The second kappa shape index (κ2) is 3.70. The smallest absolute Gasteiger partial charge is 0.305 e. The van der Waals surface area contributed by atoms with E-state index in [1.807, 2.05) is 0 Å². The molecule has 12 heavy (non-hydrogen) atoms. The normalized spacial score (nSPS) is 27.3. The van der Waals surface area contributed by atoms with Gasteiger partial charge in [0.1, 0.15) is 0 Å². The lowest BCUT2D eigenvalue weighted by Crippen LogP contribution is -2.20. The van der Waals surface area contributed by atoms with Crippen molar-refractivity contribution in [3.63, 3.8) is 0 Å². The predicted molar refractivity (Wildman–Crippen MR) is 43.1 cm³/mol. The zero-order valence-electron chi connectivity index (χ0n) is 6.99. The van der Waals surface area contributed by atoms with Crippen molar-refractivity contribution >= 4 is 10.2 Å². The van der Waals surface area contributed by atoms with Crippen LogP contribution in [0.3, 0.4) is 0 Å². The minimum Gasteiger partial charge on any atom is -0.378 e. The topological polar surface area (TPSA) is 43.4 Å². The lowest BCUT2D eigenvalue weighted by Gasteiger charge is -2.11. The molecule has 1 fully saturated rings. The average molecular weight is 196 g/mol. The standard InChI is InChI=1S/C7H13FO3S/c1-6(12(8,9)10)5-7-3-2-4-11-7/h6-7H,2-5H2,1H3. The highest BCUT2D eigenvalue weighted by Gasteiger charge is 2.26. The highest BCUT2D eigenvalue weighted by Crippen LogP contribution is 2.20. The fourth-order valence-corrected chi connectivity index (χ4v) is 1.76. The summed E-state index contributed by atoms with van der Waals surface area (Å²) in [6, 6.07) is 0. The number of ether oxygens (including phenoxy) is 1. The zero-order chi connectivity index (χ0) is 9.19. The van der Waals surface area contributed by atoms with E-state index >= 15 is 0 Å². The molecule has 2 unspecified atom stereocenters. The maximum absolute atomic E-state index is 12.4. The highest BCUT2D eigenvalue weighted by atomic mass is 32.3. The van der Waals surface area contributed by atoms with E-state index in [0.717, 1.165) is 12.8 Å². The Kier molecular flexibility index (Phi) is 3.06. The summed E-state index contributed by atoms with van der Waals surface area (Å²) in [5.41, 5.74) is 0. The van der Waals surface area contributed by atoms with Crippen molar-refractivity contribution in [3.8, 4) is 0 Å². The summed E-state index contributed by atoms with van der Waals surface area (Å²) in [5, 5.41) is -0.930. The monoisotopic (exact) mass is 196 g/mol. The molecule has 0 N–H and O–H groups in total. The number of hydrogen-bond acceptors (Lipinski definition) is 3. The van der Waals surface area contributed by atoms with Gasteiger partial charge >= 0.3 is 10.2 Å². The van der Waals surface area contributed by atoms with Crippen molar-refractivity contribution < 1.29 is 17.0 Å². The second-order valence-electron chi connectivity index (χ2n) is 3.16. The first-order chi connectivity index (χ1) is 5.50. The van der Waals surface area contributed by atoms with Crippen molar-refractivity contribution in [1.29, 1.82) is 0 Å².